The van der Waals surface area contributed by atoms with Gasteiger partial charge in [0.2, 0.25) is 0 Å². The zero-order chi connectivity index (χ0) is 22.7. The number of carbonyl (C=O) groups excluding carboxylic acids is 3. The molecule has 3 rings (SSSR count). The van der Waals surface area contributed by atoms with Gasteiger partial charge in [0.05, 0.1) is 11.3 Å². The highest BCUT2D eigenvalue weighted by molar-refractivity contribution is 6.37. The minimum atomic E-state index is -1.21. The summed E-state index contributed by atoms with van der Waals surface area (Å²) in [7, 11) is 0. The van der Waals surface area contributed by atoms with Gasteiger partial charge in [-0.3, -0.25) is 14.4 Å². The maximum absolute atomic E-state index is 13.2. The highest BCUT2D eigenvalue weighted by Gasteiger charge is 2.38. The van der Waals surface area contributed by atoms with Gasteiger partial charge in [0.25, 0.3) is 17.7 Å². The third-order valence-corrected chi connectivity index (χ3v) is 4.86. The first-order valence-electron chi connectivity index (χ1n) is 9.39. The van der Waals surface area contributed by atoms with E-state index in [-0.39, 0.29) is 28.0 Å². The van der Waals surface area contributed by atoms with Gasteiger partial charge in [-0.05, 0) is 49.3 Å². The molecule has 31 heavy (non-hydrogen) atoms. The Morgan fingerprint density at radius 2 is 1.68 bits per heavy atom. The third-order valence-electron chi connectivity index (χ3n) is 4.86. The van der Waals surface area contributed by atoms with Gasteiger partial charge in [0.15, 0.2) is 0 Å². The summed E-state index contributed by atoms with van der Waals surface area (Å²) in [5.41, 5.74) is 7.32. The molecule has 0 aromatic heterocycles. The molecule has 0 radical (unpaired) electrons. The molecule has 0 atom stereocenters. The van der Waals surface area contributed by atoms with Crippen molar-refractivity contribution in [1.82, 2.24) is 0 Å². The van der Waals surface area contributed by atoms with E-state index in [4.69, 9.17) is 5.73 Å². The number of rotatable bonds is 5. The molecule has 0 saturated heterocycles. The van der Waals surface area contributed by atoms with E-state index >= 15 is 0 Å². The average Bonchev–Trinajstić information content (AvgIpc) is 2.71. The van der Waals surface area contributed by atoms with Crippen molar-refractivity contribution in [3.05, 3.63) is 94.1 Å². The number of imide groups is 1. The normalized spacial score (nSPS) is 15.8. The van der Waals surface area contributed by atoms with Crippen LogP contribution in [0.15, 0.2) is 77.4 Å². The maximum Gasteiger partial charge on any atom is 0.335 e. The summed E-state index contributed by atoms with van der Waals surface area (Å²) in [5.74, 6) is -3.75. The van der Waals surface area contributed by atoms with E-state index < -0.39 is 23.7 Å². The molecular weight excluding hydrogens is 396 g/mol. The van der Waals surface area contributed by atoms with Gasteiger partial charge >= 0.3 is 5.97 Å². The van der Waals surface area contributed by atoms with Crippen LogP contribution in [0.1, 0.15) is 28.4 Å². The number of hydrogen-bond acceptors (Lipinski definition) is 4. The highest BCUT2D eigenvalue weighted by Crippen LogP contribution is 2.30. The molecule has 7 heteroatoms. The van der Waals surface area contributed by atoms with Crippen LogP contribution in [0.3, 0.4) is 0 Å². The number of allylic oxidation sites excluding steroid dienone is 2. The van der Waals surface area contributed by atoms with E-state index in [1.54, 1.807) is 12.2 Å². The molecule has 0 bridgehead atoms. The van der Waals surface area contributed by atoms with Crippen LogP contribution in [0.4, 0.5) is 5.69 Å². The number of nitrogens with two attached hydrogens (primary N) is 1. The Morgan fingerprint density at radius 3 is 2.29 bits per heavy atom. The minimum absolute atomic E-state index is 0.0366. The summed E-state index contributed by atoms with van der Waals surface area (Å²) in [4.78, 5) is 50.1. The zero-order valence-electron chi connectivity index (χ0n) is 17.0. The Bertz CT molecular complexity index is 1190. The molecular formula is C24H20N2O5. The van der Waals surface area contributed by atoms with Crippen molar-refractivity contribution in [1.29, 1.82) is 0 Å². The predicted octanol–water partition coefficient (Wildman–Crippen LogP) is 3.01. The van der Waals surface area contributed by atoms with Crippen molar-refractivity contribution in [2.75, 3.05) is 4.90 Å². The molecule has 1 aliphatic rings. The number of hydrogen-bond donors (Lipinski definition) is 2. The third kappa shape index (κ3) is 4.35. The van der Waals surface area contributed by atoms with Crippen LogP contribution >= 0.6 is 0 Å². The number of carboxylic acids is 1. The Kier molecular flexibility index (Phi) is 5.97. The molecule has 0 spiro atoms. The van der Waals surface area contributed by atoms with E-state index in [0.29, 0.717) is 0 Å². The lowest BCUT2D eigenvalue weighted by Crippen LogP contribution is -2.46. The molecule has 7 nitrogen and oxygen atoms in total. The number of nitrogens with zero attached hydrogens (tertiary/aromatic N) is 1. The molecule has 2 aromatic rings. The molecule has 0 unspecified atom stereocenters. The summed E-state index contributed by atoms with van der Waals surface area (Å²) in [5, 5.41) is 9.22. The van der Waals surface area contributed by atoms with E-state index in [1.807, 2.05) is 31.2 Å². The SMILES string of the molecule is CC1=C(C(N)=O)C(=O)N(c2cccc(C(=O)O)c2)C(=O)/C1=C\C=C/c1ccc(C)cc1. The van der Waals surface area contributed by atoms with Gasteiger partial charge in [0.1, 0.15) is 5.57 Å². The fourth-order valence-electron chi connectivity index (χ4n) is 3.21. The fourth-order valence-corrected chi connectivity index (χ4v) is 3.21. The van der Waals surface area contributed by atoms with Crippen LogP contribution in [0.5, 0.6) is 0 Å². The number of primary amides is 1. The standard InChI is InChI=1S/C24H20N2O5/c1-14-9-11-16(12-10-14)5-3-8-19-15(2)20(21(25)27)23(29)26(22(19)28)18-7-4-6-17(13-18)24(30)31/h3-13H,1-2H3,(H2,25,27)(H,30,31)/b5-3-,19-8-. The number of carboxylic acid groups (broad SMARTS) is 1. The van der Waals surface area contributed by atoms with Gasteiger partial charge < -0.3 is 10.8 Å². The first-order chi connectivity index (χ1) is 14.7. The smallest absolute Gasteiger partial charge is 0.335 e. The van der Waals surface area contributed by atoms with Crippen molar-refractivity contribution < 1.29 is 24.3 Å². The van der Waals surface area contributed by atoms with Gasteiger partial charge in [0, 0.05) is 5.57 Å². The van der Waals surface area contributed by atoms with Gasteiger partial charge in [-0.25, -0.2) is 9.69 Å². The second-order valence-corrected chi connectivity index (χ2v) is 7.02. The minimum Gasteiger partial charge on any atom is -0.478 e. The Labute approximate surface area is 178 Å². The fraction of sp³-hybridized carbons (Fsp3) is 0.0833. The monoisotopic (exact) mass is 416 g/mol. The van der Waals surface area contributed by atoms with Crippen LogP contribution in [0.25, 0.3) is 6.08 Å². The number of carbonyl (C=O) groups is 4. The number of amides is 3. The molecule has 3 amide bonds. The second kappa shape index (κ2) is 8.62. The lowest BCUT2D eigenvalue weighted by Gasteiger charge is -2.28. The summed E-state index contributed by atoms with van der Waals surface area (Å²) in [6, 6.07) is 13.1. The summed E-state index contributed by atoms with van der Waals surface area (Å²) < 4.78 is 0. The first kappa shape index (κ1) is 21.4. The largest absolute Gasteiger partial charge is 0.478 e. The Balaban J connectivity index is 2.08. The summed E-state index contributed by atoms with van der Waals surface area (Å²) in [6.45, 7) is 3.45. The number of benzene rings is 2. The molecule has 0 aliphatic carbocycles. The highest BCUT2D eigenvalue weighted by atomic mass is 16.4. The average molecular weight is 416 g/mol. The summed E-state index contributed by atoms with van der Waals surface area (Å²) >= 11 is 0. The molecule has 1 aliphatic heterocycles. The topological polar surface area (TPSA) is 118 Å². The second-order valence-electron chi connectivity index (χ2n) is 7.02. The van der Waals surface area contributed by atoms with Crippen molar-refractivity contribution in [2.45, 2.75) is 13.8 Å². The molecule has 3 N–H and O–H groups in total. The Hall–Kier alpha value is -4.26. The van der Waals surface area contributed by atoms with Crippen LogP contribution in [-0.4, -0.2) is 28.8 Å². The van der Waals surface area contributed by atoms with Crippen molar-refractivity contribution >= 4 is 35.5 Å². The van der Waals surface area contributed by atoms with Crippen molar-refractivity contribution in [3.8, 4) is 0 Å². The number of aromatic carboxylic acids is 1. The quantitative estimate of drug-likeness (QED) is 0.441. The molecule has 1 heterocycles. The summed E-state index contributed by atoms with van der Waals surface area (Å²) in [6.07, 6.45) is 4.92. The van der Waals surface area contributed by atoms with E-state index in [9.17, 15) is 24.3 Å². The Morgan fingerprint density at radius 1 is 1.00 bits per heavy atom. The number of aryl methyl sites for hydroxylation is 1. The predicted molar refractivity (Wildman–Crippen MR) is 116 cm³/mol. The van der Waals surface area contributed by atoms with Gasteiger partial charge in [-0.2, -0.15) is 0 Å². The van der Waals surface area contributed by atoms with Crippen LogP contribution in [0.2, 0.25) is 0 Å². The van der Waals surface area contributed by atoms with Crippen molar-refractivity contribution in [3.63, 3.8) is 0 Å². The van der Waals surface area contributed by atoms with E-state index in [1.165, 1.54) is 37.3 Å². The lowest BCUT2D eigenvalue weighted by atomic mass is 9.93. The maximum atomic E-state index is 13.2. The van der Waals surface area contributed by atoms with Crippen LogP contribution in [-0.2, 0) is 14.4 Å². The molecule has 0 fully saturated rings. The van der Waals surface area contributed by atoms with E-state index in [0.717, 1.165) is 16.0 Å². The van der Waals surface area contributed by atoms with Crippen molar-refractivity contribution in [2.24, 2.45) is 5.73 Å². The van der Waals surface area contributed by atoms with Crippen LogP contribution in [0, 0.1) is 6.92 Å². The molecule has 156 valence electrons. The number of anilines is 1. The van der Waals surface area contributed by atoms with Gasteiger partial charge in [-0.15, -0.1) is 0 Å². The first-order valence-corrected chi connectivity index (χ1v) is 9.39. The van der Waals surface area contributed by atoms with Crippen LogP contribution < -0.4 is 10.6 Å². The molecule has 2 aromatic carbocycles. The van der Waals surface area contributed by atoms with Gasteiger partial charge in [-0.1, -0.05) is 48.0 Å². The zero-order valence-corrected chi connectivity index (χ0v) is 17.0. The lowest BCUT2D eigenvalue weighted by molar-refractivity contribution is -0.125. The van der Waals surface area contributed by atoms with E-state index in [2.05, 4.69) is 0 Å². The molecule has 0 saturated carbocycles.